The van der Waals surface area contributed by atoms with Crippen LogP contribution in [0, 0.1) is 0 Å². The lowest BCUT2D eigenvalue weighted by Crippen LogP contribution is -2.39. The predicted molar refractivity (Wildman–Crippen MR) is 84.2 cm³/mol. The summed E-state index contributed by atoms with van der Waals surface area (Å²) in [6.07, 6.45) is 0.898. The van der Waals surface area contributed by atoms with E-state index < -0.39 is 18.5 Å². The second kappa shape index (κ2) is 9.45. The van der Waals surface area contributed by atoms with Crippen LogP contribution < -0.4 is 10.1 Å². The van der Waals surface area contributed by atoms with Gasteiger partial charge in [0.05, 0.1) is 18.7 Å². The molecule has 7 nitrogen and oxygen atoms in total. The summed E-state index contributed by atoms with van der Waals surface area (Å²) in [5, 5.41) is 2.41. The Kier molecular flexibility index (Phi) is 7.59. The summed E-state index contributed by atoms with van der Waals surface area (Å²) in [5.74, 6) is -0.682. The first-order valence-corrected chi connectivity index (χ1v) is 7.32. The molecule has 1 rings (SSSR count). The molecule has 0 aliphatic rings. The fraction of sp³-hybridized carbons (Fsp3) is 0.438. The van der Waals surface area contributed by atoms with E-state index in [1.807, 2.05) is 6.92 Å². The van der Waals surface area contributed by atoms with Crippen LogP contribution in [0.1, 0.15) is 23.7 Å². The summed E-state index contributed by atoms with van der Waals surface area (Å²) >= 11 is 0. The van der Waals surface area contributed by atoms with Gasteiger partial charge in [0.2, 0.25) is 5.91 Å². The quantitative estimate of drug-likeness (QED) is 0.717. The molecule has 0 aliphatic heterocycles. The Labute approximate surface area is 135 Å². The molecule has 23 heavy (non-hydrogen) atoms. The predicted octanol–water partition coefficient (Wildman–Crippen LogP) is 0.837. The van der Waals surface area contributed by atoms with Gasteiger partial charge in [-0.15, -0.1) is 0 Å². The Bertz CT molecular complexity index is 542. The second-order valence-electron chi connectivity index (χ2n) is 4.87. The van der Waals surface area contributed by atoms with E-state index in [-0.39, 0.29) is 12.5 Å². The van der Waals surface area contributed by atoms with Crippen LogP contribution in [-0.2, 0) is 14.3 Å². The van der Waals surface area contributed by atoms with Crippen LogP contribution in [0.2, 0.25) is 0 Å². The zero-order valence-electron chi connectivity index (χ0n) is 13.6. The van der Waals surface area contributed by atoms with E-state index in [2.05, 4.69) is 5.32 Å². The smallest absolute Gasteiger partial charge is 0.338 e. The van der Waals surface area contributed by atoms with E-state index in [1.54, 1.807) is 24.3 Å². The fourth-order valence-corrected chi connectivity index (χ4v) is 1.61. The van der Waals surface area contributed by atoms with Crippen LogP contribution in [0.15, 0.2) is 24.3 Å². The highest BCUT2D eigenvalue weighted by Crippen LogP contribution is 2.13. The van der Waals surface area contributed by atoms with Crippen LogP contribution in [0.25, 0.3) is 0 Å². The average molecular weight is 322 g/mol. The molecule has 1 aromatic carbocycles. The monoisotopic (exact) mass is 322 g/mol. The normalized spacial score (nSPS) is 9.87. The Morgan fingerprint density at radius 3 is 2.39 bits per heavy atom. The van der Waals surface area contributed by atoms with Crippen molar-refractivity contribution in [1.82, 2.24) is 10.2 Å². The maximum Gasteiger partial charge on any atom is 0.338 e. The summed E-state index contributed by atoms with van der Waals surface area (Å²) < 4.78 is 10.4. The number of esters is 1. The number of rotatable bonds is 8. The number of carbonyl (C=O) groups is 3. The van der Waals surface area contributed by atoms with Crippen molar-refractivity contribution in [2.24, 2.45) is 0 Å². The minimum atomic E-state index is -0.603. The molecule has 0 atom stereocenters. The highest BCUT2D eigenvalue weighted by Gasteiger charge is 2.15. The van der Waals surface area contributed by atoms with Crippen molar-refractivity contribution in [3.63, 3.8) is 0 Å². The molecule has 126 valence electrons. The first-order chi connectivity index (χ1) is 11.0. The summed E-state index contributed by atoms with van der Waals surface area (Å²) in [7, 11) is 2.94. The lowest BCUT2D eigenvalue weighted by Gasteiger charge is -2.15. The SMILES string of the molecule is CCCOc1ccc(C(=O)OCC(=O)N(C)CC(=O)NC)cc1. The van der Waals surface area contributed by atoms with Crippen molar-refractivity contribution < 1.29 is 23.9 Å². The minimum Gasteiger partial charge on any atom is -0.494 e. The van der Waals surface area contributed by atoms with E-state index in [1.165, 1.54) is 19.0 Å². The molecule has 0 fully saturated rings. The molecule has 0 saturated heterocycles. The number of nitrogens with zero attached hydrogens (tertiary/aromatic N) is 1. The second-order valence-corrected chi connectivity index (χ2v) is 4.87. The minimum absolute atomic E-state index is 0.0870. The van der Waals surface area contributed by atoms with Gasteiger partial charge in [-0.1, -0.05) is 6.92 Å². The molecule has 0 radical (unpaired) electrons. The van der Waals surface area contributed by atoms with Crippen LogP contribution in [0.5, 0.6) is 5.75 Å². The van der Waals surface area contributed by atoms with Crippen molar-refractivity contribution in [3.05, 3.63) is 29.8 Å². The number of ether oxygens (including phenoxy) is 2. The van der Waals surface area contributed by atoms with Crippen molar-refractivity contribution in [3.8, 4) is 5.75 Å². The van der Waals surface area contributed by atoms with Crippen molar-refractivity contribution in [2.75, 3.05) is 33.9 Å². The summed E-state index contributed by atoms with van der Waals surface area (Å²) in [5.41, 5.74) is 0.329. The lowest BCUT2D eigenvalue weighted by molar-refractivity contribution is -0.137. The van der Waals surface area contributed by atoms with E-state index in [0.29, 0.717) is 17.9 Å². The van der Waals surface area contributed by atoms with Crippen molar-refractivity contribution >= 4 is 17.8 Å². The first-order valence-electron chi connectivity index (χ1n) is 7.32. The van der Waals surface area contributed by atoms with Gasteiger partial charge in [0, 0.05) is 14.1 Å². The van der Waals surface area contributed by atoms with Gasteiger partial charge < -0.3 is 19.7 Å². The summed E-state index contributed by atoms with van der Waals surface area (Å²) in [4.78, 5) is 36.0. The van der Waals surface area contributed by atoms with Crippen LogP contribution in [-0.4, -0.2) is 56.5 Å². The van der Waals surface area contributed by atoms with E-state index in [0.717, 1.165) is 6.42 Å². The van der Waals surface area contributed by atoms with Gasteiger partial charge in [0.15, 0.2) is 6.61 Å². The number of hydrogen-bond acceptors (Lipinski definition) is 5. The molecule has 1 N–H and O–H groups in total. The number of amides is 2. The topological polar surface area (TPSA) is 84.9 Å². The Balaban J connectivity index is 2.46. The summed E-state index contributed by atoms with van der Waals surface area (Å²) in [6.45, 7) is 2.11. The molecule has 0 unspecified atom stereocenters. The molecule has 0 saturated carbocycles. The molecule has 0 aromatic heterocycles. The Hall–Kier alpha value is -2.57. The summed E-state index contributed by atoms with van der Waals surface area (Å²) in [6, 6.07) is 6.50. The maximum atomic E-state index is 11.9. The van der Waals surface area contributed by atoms with Gasteiger partial charge >= 0.3 is 5.97 Å². The standard InChI is InChI=1S/C16H22N2O5/c1-4-9-22-13-7-5-12(6-8-13)16(21)23-11-15(20)18(3)10-14(19)17-2/h5-8H,4,9-11H2,1-3H3,(H,17,19). The number of hydrogen-bond donors (Lipinski definition) is 1. The Morgan fingerprint density at radius 1 is 1.17 bits per heavy atom. The fourth-order valence-electron chi connectivity index (χ4n) is 1.61. The zero-order valence-corrected chi connectivity index (χ0v) is 13.6. The van der Waals surface area contributed by atoms with Crippen molar-refractivity contribution in [2.45, 2.75) is 13.3 Å². The molecule has 0 heterocycles. The largest absolute Gasteiger partial charge is 0.494 e. The third-order valence-corrected chi connectivity index (χ3v) is 2.97. The molecular formula is C16H22N2O5. The number of likely N-dealkylation sites (N-methyl/N-ethyl adjacent to an activating group) is 2. The Morgan fingerprint density at radius 2 is 1.83 bits per heavy atom. The van der Waals surface area contributed by atoms with Gasteiger partial charge in [0.1, 0.15) is 5.75 Å². The number of carbonyl (C=O) groups excluding carboxylic acids is 3. The van der Waals surface area contributed by atoms with Gasteiger partial charge in [-0.25, -0.2) is 4.79 Å². The molecule has 7 heteroatoms. The zero-order chi connectivity index (χ0) is 17.2. The average Bonchev–Trinajstić information content (AvgIpc) is 2.57. The number of benzene rings is 1. The maximum absolute atomic E-state index is 11.9. The highest BCUT2D eigenvalue weighted by molar-refractivity contribution is 5.92. The van der Waals surface area contributed by atoms with Gasteiger partial charge in [-0.2, -0.15) is 0 Å². The van der Waals surface area contributed by atoms with Gasteiger partial charge in [-0.3, -0.25) is 9.59 Å². The molecule has 0 spiro atoms. The van der Waals surface area contributed by atoms with Gasteiger partial charge in [-0.05, 0) is 30.7 Å². The molecule has 0 bridgehead atoms. The molecule has 2 amide bonds. The van der Waals surface area contributed by atoms with Crippen molar-refractivity contribution in [1.29, 1.82) is 0 Å². The third-order valence-electron chi connectivity index (χ3n) is 2.97. The first kappa shape index (κ1) is 18.5. The highest BCUT2D eigenvalue weighted by atomic mass is 16.5. The molecule has 0 aliphatic carbocycles. The van der Waals surface area contributed by atoms with E-state index >= 15 is 0 Å². The van der Waals surface area contributed by atoms with E-state index in [4.69, 9.17) is 9.47 Å². The van der Waals surface area contributed by atoms with Crippen LogP contribution in [0.4, 0.5) is 0 Å². The molecular weight excluding hydrogens is 300 g/mol. The van der Waals surface area contributed by atoms with Crippen LogP contribution in [0.3, 0.4) is 0 Å². The number of nitrogens with one attached hydrogen (secondary N) is 1. The molecule has 1 aromatic rings. The van der Waals surface area contributed by atoms with Gasteiger partial charge in [0.25, 0.3) is 5.91 Å². The van der Waals surface area contributed by atoms with E-state index in [9.17, 15) is 14.4 Å². The third kappa shape index (κ3) is 6.37. The van der Waals surface area contributed by atoms with Crippen LogP contribution >= 0.6 is 0 Å². The lowest BCUT2D eigenvalue weighted by atomic mass is 10.2.